The first kappa shape index (κ1) is 14.8. The average molecular weight is 295 g/mol. The number of carboxylic acids is 1. The van der Waals surface area contributed by atoms with Gasteiger partial charge in [-0.2, -0.15) is 5.10 Å². The van der Waals surface area contributed by atoms with Crippen LogP contribution in [0.3, 0.4) is 0 Å². The van der Waals surface area contributed by atoms with Gasteiger partial charge in [0.1, 0.15) is 5.56 Å². The molecule has 0 amide bonds. The first-order valence-corrected chi connectivity index (χ1v) is 8.12. The summed E-state index contributed by atoms with van der Waals surface area (Å²) in [5.74, 6) is -1.00. The summed E-state index contributed by atoms with van der Waals surface area (Å²) >= 11 is 0. The Morgan fingerprint density at radius 3 is 2.83 bits per heavy atom. The molecule has 0 aliphatic rings. The highest BCUT2D eigenvalue weighted by molar-refractivity contribution is 7.89. The summed E-state index contributed by atoms with van der Waals surface area (Å²) in [6.07, 6.45) is 2.85. The van der Waals surface area contributed by atoms with Crippen molar-refractivity contribution in [3.05, 3.63) is 11.8 Å². The maximum Gasteiger partial charge on any atom is 0.340 e. The minimum absolute atomic E-state index is 0.0833. The SMILES string of the molecule is CS(=O)CCCNS(=O)(=O)c1[nH]ncc1C(=O)O. The smallest absolute Gasteiger partial charge is 0.340 e. The lowest BCUT2D eigenvalue weighted by molar-refractivity contribution is 0.0692. The van der Waals surface area contributed by atoms with Crippen LogP contribution in [-0.2, 0) is 20.8 Å². The highest BCUT2D eigenvalue weighted by Crippen LogP contribution is 2.11. The van der Waals surface area contributed by atoms with Gasteiger partial charge >= 0.3 is 5.97 Å². The Balaban J connectivity index is 2.72. The van der Waals surface area contributed by atoms with E-state index in [1.54, 1.807) is 0 Å². The van der Waals surface area contributed by atoms with Crippen LogP contribution < -0.4 is 4.72 Å². The molecule has 10 heteroatoms. The van der Waals surface area contributed by atoms with E-state index in [0.717, 1.165) is 6.20 Å². The zero-order valence-electron chi connectivity index (χ0n) is 9.54. The van der Waals surface area contributed by atoms with E-state index >= 15 is 0 Å². The third-order valence-electron chi connectivity index (χ3n) is 2.00. The number of nitrogens with zero attached hydrogens (tertiary/aromatic N) is 1. The number of hydrogen-bond acceptors (Lipinski definition) is 5. The Labute approximate surface area is 106 Å². The number of H-pyrrole nitrogens is 1. The van der Waals surface area contributed by atoms with Crippen LogP contribution in [-0.4, -0.2) is 52.5 Å². The van der Waals surface area contributed by atoms with Gasteiger partial charge in [0.15, 0.2) is 5.03 Å². The van der Waals surface area contributed by atoms with Crippen molar-refractivity contribution in [3.8, 4) is 0 Å². The van der Waals surface area contributed by atoms with Crippen molar-refractivity contribution in [2.45, 2.75) is 11.4 Å². The van der Waals surface area contributed by atoms with E-state index in [-0.39, 0.29) is 6.54 Å². The Bertz CT molecular complexity index is 551. The second-order valence-electron chi connectivity index (χ2n) is 3.45. The van der Waals surface area contributed by atoms with Crippen molar-refractivity contribution in [2.24, 2.45) is 0 Å². The molecule has 1 rings (SSSR count). The molecule has 0 radical (unpaired) electrons. The molecule has 1 unspecified atom stereocenters. The van der Waals surface area contributed by atoms with Crippen LogP contribution in [0.2, 0.25) is 0 Å². The molecule has 0 saturated carbocycles. The number of nitrogens with one attached hydrogen (secondary N) is 2. The number of rotatable bonds is 7. The molecule has 0 spiro atoms. The fourth-order valence-electron chi connectivity index (χ4n) is 1.19. The minimum Gasteiger partial charge on any atom is -0.478 e. The topological polar surface area (TPSA) is 129 Å². The average Bonchev–Trinajstić information content (AvgIpc) is 2.73. The molecule has 0 aliphatic heterocycles. The van der Waals surface area contributed by atoms with Crippen molar-refractivity contribution in [3.63, 3.8) is 0 Å². The van der Waals surface area contributed by atoms with Crippen LogP contribution in [0.1, 0.15) is 16.8 Å². The molecule has 102 valence electrons. The summed E-state index contributed by atoms with van der Waals surface area (Å²) in [7, 11) is -4.93. The van der Waals surface area contributed by atoms with Gasteiger partial charge in [-0.3, -0.25) is 9.31 Å². The highest BCUT2D eigenvalue weighted by atomic mass is 32.2. The third kappa shape index (κ3) is 3.89. The fraction of sp³-hybridized carbons (Fsp3) is 0.500. The largest absolute Gasteiger partial charge is 0.478 e. The number of carbonyl (C=O) groups is 1. The van der Waals surface area contributed by atoms with Crippen molar-refractivity contribution in [1.82, 2.24) is 14.9 Å². The van der Waals surface area contributed by atoms with Crippen molar-refractivity contribution in [2.75, 3.05) is 18.6 Å². The maximum atomic E-state index is 11.7. The van der Waals surface area contributed by atoms with E-state index in [4.69, 9.17) is 5.11 Å². The molecule has 1 heterocycles. The first-order valence-electron chi connectivity index (χ1n) is 4.91. The molecule has 0 bridgehead atoms. The normalized spacial score (nSPS) is 13.4. The van der Waals surface area contributed by atoms with E-state index in [1.807, 2.05) is 0 Å². The molecule has 1 aromatic rings. The van der Waals surface area contributed by atoms with Crippen LogP contribution in [0.5, 0.6) is 0 Å². The molecule has 8 nitrogen and oxygen atoms in total. The van der Waals surface area contributed by atoms with Crippen LogP contribution in [0.4, 0.5) is 0 Å². The summed E-state index contributed by atoms with van der Waals surface area (Å²) < 4.78 is 36.5. The van der Waals surface area contributed by atoms with Gasteiger partial charge in [0.05, 0.1) is 6.20 Å². The second kappa shape index (κ2) is 6.07. The number of aromatic amines is 1. The van der Waals surface area contributed by atoms with Gasteiger partial charge in [-0.1, -0.05) is 0 Å². The molecular formula is C8H13N3O5S2. The minimum atomic E-state index is -3.94. The molecule has 1 aromatic heterocycles. The lowest BCUT2D eigenvalue weighted by atomic mass is 10.4. The monoisotopic (exact) mass is 295 g/mol. The molecule has 3 N–H and O–H groups in total. The number of aromatic carboxylic acids is 1. The van der Waals surface area contributed by atoms with Gasteiger partial charge in [-0.25, -0.2) is 17.9 Å². The Kier molecular flexibility index (Phi) is 4.99. The van der Waals surface area contributed by atoms with Crippen LogP contribution in [0.25, 0.3) is 0 Å². The summed E-state index contributed by atoms with van der Waals surface area (Å²) in [6.45, 7) is 0.0833. The second-order valence-corrected chi connectivity index (χ2v) is 6.71. The zero-order chi connectivity index (χ0) is 13.8. The van der Waals surface area contributed by atoms with E-state index in [0.29, 0.717) is 12.2 Å². The molecule has 0 aromatic carbocycles. The standard InChI is InChI=1S/C8H13N3O5S2/c1-17(14)4-2-3-10-18(15,16)7-6(8(12)13)5-9-11-7/h5,10H,2-4H2,1H3,(H,9,11)(H,12,13). The van der Waals surface area contributed by atoms with Gasteiger partial charge in [0, 0.05) is 29.4 Å². The van der Waals surface area contributed by atoms with Crippen LogP contribution in [0.15, 0.2) is 11.2 Å². The number of aromatic nitrogens is 2. The molecule has 0 fully saturated rings. The van der Waals surface area contributed by atoms with E-state index in [2.05, 4.69) is 14.9 Å². The lowest BCUT2D eigenvalue weighted by Crippen LogP contribution is -2.27. The lowest BCUT2D eigenvalue weighted by Gasteiger charge is -2.04. The zero-order valence-corrected chi connectivity index (χ0v) is 11.2. The van der Waals surface area contributed by atoms with Gasteiger partial charge in [-0.15, -0.1) is 0 Å². The van der Waals surface area contributed by atoms with Crippen molar-refractivity contribution < 1.29 is 22.5 Å². The molecule has 1 atom stereocenters. The van der Waals surface area contributed by atoms with E-state index < -0.39 is 37.4 Å². The predicted molar refractivity (Wildman–Crippen MR) is 64.3 cm³/mol. The highest BCUT2D eigenvalue weighted by Gasteiger charge is 2.24. The van der Waals surface area contributed by atoms with Gasteiger partial charge in [0.2, 0.25) is 0 Å². The van der Waals surface area contributed by atoms with Gasteiger partial charge in [-0.05, 0) is 6.42 Å². The molecule has 0 saturated heterocycles. The quantitative estimate of drug-likeness (QED) is 0.562. The van der Waals surface area contributed by atoms with Crippen LogP contribution in [0, 0.1) is 0 Å². The van der Waals surface area contributed by atoms with E-state index in [9.17, 15) is 17.4 Å². The van der Waals surface area contributed by atoms with Crippen LogP contribution >= 0.6 is 0 Å². The Hall–Kier alpha value is -1.26. The summed E-state index contributed by atoms with van der Waals surface area (Å²) in [4.78, 5) is 10.8. The van der Waals surface area contributed by atoms with Gasteiger partial charge in [0.25, 0.3) is 10.0 Å². The van der Waals surface area contributed by atoms with E-state index in [1.165, 1.54) is 6.26 Å². The fourth-order valence-corrected chi connectivity index (χ4v) is 2.90. The molecule has 0 aliphatic carbocycles. The summed E-state index contributed by atoms with van der Waals surface area (Å²) in [5.41, 5.74) is -0.415. The molecular weight excluding hydrogens is 282 g/mol. The maximum absolute atomic E-state index is 11.7. The summed E-state index contributed by atoms with van der Waals surface area (Å²) in [6, 6.07) is 0. The van der Waals surface area contributed by atoms with Crippen molar-refractivity contribution >= 4 is 26.8 Å². The van der Waals surface area contributed by atoms with Gasteiger partial charge < -0.3 is 5.11 Å². The predicted octanol–water partition coefficient (Wildman–Crippen LogP) is -0.845. The third-order valence-corrected chi connectivity index (χ3v) is 4.30. The Morgan fingerprint density at radius 2 is 2.28 bits per heavy atom. The number of hydrogen-bond donors (Lipinski definition) is 3. The number of sulfonamides is 1. The summed E-state index contributed by atoms with van der Waals surface area (Å²) in [5, 5.41) is 13.8. The molecule has 18 heavy (non-hydrogen) atoms. The number of carboxylic acid groups (broad SMARTS) is 1. The van der Waals surface area contributed by atoms with Crippen molar-refractivity contribution in [1.29, 1.82) is 0 Å². The first-order chi connectivity index (χ1) is 8.34. The Morgan fingerprint density at radius 1 is 1.61 bits per heavy atom.